The molecule has 0 saturated heterocycles. The molecule has 0 bridgehead atoms. The predicted molar refractivity (Wildman–Crippen MR) is 100 cm³/mol. The summed E-state index contributed by atoms with van der Waals surface area (Å²) < 4.78 is 1.17. The Kier molecular flexibility index (Phi) is 4.66. The van der Waals surface area contributed by atoms with Crippen molar-refractivity contribution in [2.24, 2.45) is 0 Å². The minimum Gasteiger partial charge on any atom is -0.235 e. The number of nitriles is 1. The molecule has 0 N–H and O–H groups in total. The van der Waals surface area contributed by atoms with Gasteiger partial charge in [-0.2, -0.15) is 5.26 Å². The van der Waals surface area contributed by atoms with Crippen molar-refractivity contribution in [3.8, 4) is 17.3 Å². The van der Waals surface area contributed by atoms with Gasteiger partial charge >= 0.3 is 0 Å². The lowest BCUT2D eigenvalue weighted by atomic mass is 10.1. The Morgan fingerprint density at radius 1 is 1.09 bits per heavy atom. The fraction of sp³-hybridized carbons (Fsp3) is 0. The SMILES string of the molecule is N#CC(=Cc1ccc(I)cc1)c1nc(-c2ccccc2)cs1. The predicted octanol–water partition coefficient (Wildman–Crippen LogP) is 5.48. The van der Waals surface area contributed by atoms with Crippen LogP contribution in [0.2, 0.25) is 0 Å². The molecule has 1 aromatic heterocycles. The highest BCUT2D eigenvalue weighted by Gasteiger charge is 2.08. The van der Waals surface area contributed by atoms with Gasteiger partial charge in [-0.25, -0.2) is 4.98 Å². The lowest BCUT2D eigenvalue weighted by molar-refractivity contribution is 1.37. The first-order valence-corrected chi connectivity index (χ1v) is 8.61. The fourth-order valence-corrected chi connectivity index (χ4v) is 3.16. The van der Waals surface area contributed by atoms with E-state index in [4.69, 9.17) is 0 Å². The molecule has 0 aliphatic carbocycles. The van der Waals surface area contributed by atoms with Crippen molar-refractivity contribution in [3.05, 3.63) is 74.1 Å². The summed E-state index contributed by atoms with van der Waals surface area (Å²) >= 11 is 3.76. The molecule has 0 atom stereocenters. The summed E-state index contributed by atoms with van der Waals surface area (Å²) in [5.41, 5.74) is 3.57. The Balaban J connectivity index is 1.94. The van der Waals surface area contributed by atoms with Gasteiger partial charge in [0.2, 0.25) is 0 Å². The lowest BCUT2D eigenvalue weighted by Gasteiger charge is -1.97. The summed E-state index contributed by atoms with van der Waals surface area (Å²) in [7, 11) is 0. The maximum absolute atomic E-state index is 9.42. The van der Waals surface area contributed by atoms with Gasteiger partial charge < -0.3 is 0 Å². The van der Waals surface area contributed by atoms with Crippen LogP contribution in [0.4, 0.5) is 0 Å². The zero-order valence-electron chi connectivity index (χ0n) is 11.5. The molecule has 0 aliphatic rings. The minimum atomic E-state index is 0.591. The van der Waals surface area contributed by atoms with E-state index in [0.29, 0.717) is 5.57 Å². The first kappa shape index (κ1) is 14.9. The van der Waals surface area contributed by atoms with Gasteiger partial charge in [0.05, 0.1) is 11.3 Å². The Bertz CT molecular complexity index is 843. The molecule has 0 spiro atoms. The first-order valence-electron chi connectivity index (χ1n) is 6.65. The second-order valence-electron chi connectivity index (χ2n) is 4.63. The van der Waals surface area contributed by atoms with Crippen LogP contribution in [0.25, 0.3) is 22.9 Å². The molecule has 0 aliphatic heterocycles. The van der Waals surface area contributed by atoms with Gasteiger partial charge in [0.1, 0.15) is 11.1 Å². The van der Waals surface area contributed by atoms with Crippen LogP contribution in [0, 0.1) is 14.9 Å². The van der Waals surface area contributed by atoms with E-state index in [1.807, 2.05) is 66.1 Å². The number of nitrogens with zero attached hydrogens (tertiary/aromatic N) is 2. The Morgan fingerprint density at radius 3 is 2.50 bits per heavy atom. The van der Waals surface area contributed by atoms with Crippen molar-refractivity contribution >= 4 is 45.6 Å². The van der Waals surface area contributed by atoms with Crippen molar-refractivity contribution in [1.82, 2.24) is 4.98 Å². The first-order chi connectivity index (χ1) is 10.8. The maximum Gasteiger partial charge on any atom is 0.134 e. The molecule has 0 amide bonds. The van der Waals surface area contributed by atoms with Crippen molar-refractivity contribution in [3.63, 3.8) is 0 Å². The molecular formula is C18H11IN2S. The largest absolute Gasteiger partial charge is 0.235 e. The standard InChI is InChI=1S/C18H11IN2S/c19-16-8-6-13(7-9-16)10-15(11-20)18-21-17(12-22-18)14-4-2-1-3-5-14/h1-10,12H. The van der Waals surface area contributed by atoms with Crippen molar-refractivity contribution in [2.45, 2.75) is 0 Å². The van der Waals surface area contributed by atoms with Gasteiger partial charge in [0.25, 0.3) is 0 Å². The fourth-order valence-electron chi connectivity index (χ4n) is 2.01. The van der Waals surface area contributed by atoms with Gasteiger partial charge in [-0.1, -0.05) is 42.5 Å². The third kappa shape index (κ3) is 3.43. The van der Waals surface area contributed by atoms with Crippen LogP contribution in [0.15, 0.2) is 60.0 Å². The number of halogens is 1. The second kappa shape index (κ2) is 6.86. The van der Waals surface area contributed by atoms with E-state index in [0.717, 1.165) is 21.8 Å². The monoisotopic (exact) mass is 414 g/mol. The van der Waals surface area contributed by atoms with Crippen molar-refractivity contribution < 1.29 is 0 Å². The third-order valence-electron chi connectivity index (χ3n) is 3.11. The number of benzene rings is 2. The lowest BCUT2D eigenvalue weighted by Crippen LogP contribution is -1.83. The number of thiazole rings is 1. The zero-order valence-corrected chi connectivity index (χ0v) is 14.5. The van der Waals surface area contributed by atoms with Crippen LogP contribution in [-0.4, -0.2) is 4.98 Å². The summed E-state index contributed by atoms with van der Waals surface area (Å²) in [4.78, 5) is 4.59. The van der Waals surface area contributed by atoms with Crippen LogP contribution in [-0.2, 0) is 0 Å². The highest BCUT2D eigenvalue weighted by molar-refractivity contribution is 14.1. The van der Waals surface area contributed by atoms with Crippen LogP contribution in [0.3, 0.4) is 0 Å². The second-order valence-corrected chi connectivity index (χ2v) is 6.73. The summed E-state index contributed by atoms with van der Waals surface area (Å²) in [5, 5.41) is 12.2. The van der Waals surface area contributed by atoms with Gasteiger partial charge in [-0.05, 0) is 46.4 Å². The molecular weight excluding hydrogens is 403 g/mol. The van der Waals surface area contributed by atoms with E-state index in [1.54, 1.807) is 0 Å². The summed E-state index contributed by atoms with van der Waals surface area (Å²) in [6.07, 6.45) is 1.88. The number of allylic oxidation sites excluding steroid dienone is 1. The molecule has 3 rings (SSSR count). The average molecular weight is 414 g/mol. The number of rotatable bonds is 3. The molecule has 0 unspecified atom stereocenters. The van der Waals surface area contributed by atoms with Crippen molar-refractivity contribution in [1.29, 1.82) is 5.26 Å². The van der Waals surface area contributed by atoms with Gasteiger partial charge in [-0.3, -0.25) is 0 Å². The summed E-state index contributed by atoms with van der Waals surface area (Å²) in [6, 6.07) is 20.3. The Labute approximate surface area is 146 Å². The van der Waals surface area contributed by atoms with E-state index in [9.17, 15) is 5.26 Å². The van der Waals surface area contributed by atoms with E-state index in [2.05, 4.69) is 33.6 Å². The summed E-state index contributed by atoms with van der Waals surface area (Å²) in [6.45, 7) is 0. The molecule has 2 nitrogen and oxygen atoms in total. The third-order valence-corrected chi connectivity index (χ3v) is 4.70. The molecule has 0 fully saturated rings. The average Bonchev–Trinajstić information content (AvgIpc) is 3.05. The normalized spacial score (nSPS) is 11.2. The molecule has 0 saturated carbocycles. The number of aromatic nitrogens is 1. The van der Waals surface area contributed by atoms with Gasteiger partial charge in [0.15, 0.2) is 0 Å². The molecule has 0 radical (unpaired) electrons. The van der Waals surface area contributed by atoms with Gasteiger partial charge in [0, 0.05) is 14.5 Å². The zero-order chi connectivity index (χ0) is 15.4. The van der Waals surface area contributed by atoms with E-state index < -0.39 is 0 Å². The van der Waals surface area contributed by atoms with Crippen LogP contribution >= 0.6 is 33.9 Å². The van der Waals surface area contributed by atoms with Crippen LogP contribution in [0.5, 0.6) is 0 Å². The molecule has 3 aromatic rings. The number of hydrogen-bond donors (Lipinski definition) is 0. The van der Waals surface area contributed by atoms with Crippen molar-refractivity contribution in [2.75, 3.05) is 0 Å². The quantitative estimate of drug-likeness (QED) is 0.421. The smallest absolute Gasteiger partial charge is 0.134 e. The Hall–Kier alpha value is -1.97. The molecule has 1 heterocycles. The minimum absolute atomic E-state index is 0.591. The van der Waals surface area contributed by atoms with E-state index >= 15 is 0 Å². The highest BCUT2D eigenvalue weighted by atomic mass is 127. The van der Waals surface area contributed by atoms with Crippen LogP contribution in [0.1, 0.15) is 10.6 Å². The molecule has 106 valence electrons. The number of hydrogen-bond acceptors (Lipinski definition) is 3. The van der Waals surface area contributed by atoms with Gasteiger partial charge in [-0.15, -0.1) is 11.3 Å². The highest BCUT2D eigenvalue weighted by Crippen LogP contribution is 2.27. The molecule has 4 heteroatoms. The van der Waals surface area contributed by atoms with E-state index in [-0.39, 0.29) is 0 Å². The topological polar surface area (TPSA) is 36.7 Å². The van der Waals surface area contributed by atoms with E-state index in [1.165, 1.54) is 14.9 Å². The maximum atomic E-state index is 9.42. The molecule has 2 aromatic carbocycles. The van der Waals surface area contributed by atoms with Crippen LogP contribution < -0.4 is 0 Å². The Morgan fingerprint density at radius 2 is 1.82 bits per heavy atom. The summed E-state index contributed by atoms with van der Waals surface area (Å²) in [5.74, 6) is 0. The molecule has 22 heavy (non-hydrogen) atoms.